The van der Waals surface area contributed by atoms with Gasteiger partial charge in [-0.25, -0.2) is 0 Å². The number of halogens is 1. The first kappa shape index (κ1) is 16.3. The fourth-order valence-electron chi connectivity index (χ4n) is 1.48. The van der Waals surface area contributed by atoms with Crippen molar-refractivity contribution >= 4 is 23.4 Å². The second-order valence-electron chi connectivity index (χ2n) is 4.31. The Morgan fingerprint density at radius 1 is 1.25 bits per heavy atom. The summed E-state index contributed by atoms with van der Waals surface area (Å²) >= 11 is 5.85. The van der Waals surface area contributed by atoms with Crippen LogP contribution in [-0.4, -0.2) is 18.4 Å². The Balaban J connectivity index is 2.21. The van der Waals surface area contributed by atoms with E-state index in [0.717, 1.165) is 11.3 Å². The molecule has 0 radical (unpaired) electrons. The van der Waals surface area contributed by atoms with Crippen molar-refractivity contribution in [1.29, 1.82) is 0 Å². The number of aryl methyl sites for hydroxylation is 1. The molecule has 0 heterocycles. The van der Waals surface area contributed by atoms with Crippen LogP contribution in [0.2, 0.25) is 5.02 Å². The largest absolute Gasteiger partial charge is 0.493 e. The average molecular weight is 299 g/mol. The highest BCUT2D eigenvalue weighted by molar-refractivity contribution is 6.30. The molecule has 0 atom stereocenters. The molecule has 0 saturated carbocycles. The number of rotatable bonds is 6. The molecule has 1 rings (SSSR count). The van der Waals surface area contributed by atoms with Crippen LogP contribution in [0.5, 0.6) is 5.75 Å². The zero-order valence-corrected chi connectivity index (χ0v) is 12.4. The van der Waals surface area contributed by atoms with Gasteiger partial charge in [0, 0.05) is 17.9 Å². The first-order chi connectivity index (χ1) is 9.52. The van der Waals surface area contributed by atoms with Crippen molar-refractivity contribution < 1.29 is 14.3 Å². The van der Waals surface area contributed by atoms with Gasteiger partial charge < -0.3 is 4.74 Å². The Labute approximate surface area is 123 Å². The van der Waals surface area contributed by atoms with E-state index in [-0.39, 0.29) is 18.2 Å². The van der Waals surface area contributed by atoms with E-state index < -0.39 is 0 Å². The van der Waals surface area contributed by atoms with Gasteiger partial charge in [-0.3, -0.25) is 20.4 Å². The van der Waals surface area contributed by atoms with E-state index in [9.17, 15) is 9.59 Å². The maximum Gasteiger partial charge on any atom is 0.238 e. The maximum absolute atomic E-state index is 11.4. The van der Waals surface area contributed by atoms with E-state index in [1.807, 2.05) is 13.0 Å². The second-order valence-corrected chi connectivity index (χ2v) is 4.75. The number of hydrogen-bond donors (Lipinski definition) is 2. The van der Waals surface area contributed by atoms with Crippen LogP contribution >= 0.6 is 11.6 Å². The molecule has 2 N–H and O–H groups in total. The molecule has 0 fully saturated rings. The molecular formula is C14H19ClN2O3. The van der Waals surface area contributed by atoms with E-state index in [1.54, 1.807) is 19.1 Å². The van der Waals surface area contributed by atoms with Gasteiger partial charge in [-0.1, -0.05) is 18.5 Å². The number of carbonyl (C=O) groups is 2. The molecule has 0 aliphatic heterocycles. The van der Waals surface area contributed by atoms with Crippen LogP contribution in [0.3, 0.4) is 0 Å². The van der Waals surface area contributed by atoms with E-state index in [4.69, 9.17) is 16.3 Å². The minimum absolute atomic E-state index is 0.216. The number of hydrogen-bond acceptors (Lipinski definition) is 3. The predicted molar refractivity (Wildman–Crippen MR) is 77.5 cm³/mol. The van der Waals surface area contributed by atoms with Gasteiger partial charge in [0.05, 0.1) is 6.61 Å². The molecule has 20 heavy (non-hydrogen) atoms. The van der Waals surface area contributed by atoms with Gasteiger partial charge in [0.1, 0.15) is 5.75 Å². The van der Waals surface area contributed by atoms with Gasteiger partial charge in [0.25, 0.3) is 0 Å². The molecule has 0 aliphatic carbocycles. The minimum Gasteiger partial charge on any atom is -0.493 e. The monoisotopic (exact) mass is 298 g/mol. The lowest BCUT2D eigenvalue weighted by molar-refractivity contribution is -0.128. The molecule has 0 unspecified atom stereocenters. The molecule has 110 valence electrons. The van der Waals surface area contributed by atoms with Crippen LogP contribution < -0.4 is 15.6 Å². The third-order valence-electron chi connectivity index (χ3n) is 2.61. The lowest BCUT2D eigenvalue weighted by Gasteiger charge is -2.09. The number of hydrazine groups is 1. The molecule has 0 aliphatic rings. The van der Waals surface area contributed by atoms with Crippen LogP contribution in [-0.2, 0) is 9.59 Å². The van der Waals surface area contributed by atoms with E-state index in [2.05, 4.69) is 10.9 Å². The van der Waals surface area contributed by atoms with Crippen LogP contribution in [0.15, 0.2) is 18.2 Å². The van der Waals surface area contributed by atoms with E-state index in [1.165, 1.54) is 0 Å². The fraction of sp³-hybridized carbons (Fsp3) is 0.429. The Morgan fingerprint density at radius 3 is 2.60 bits per heavy atom. The van der Waals surface area contributed by atoms with Crippen LogP contribution in [0.4, 0.5) is 0 Å². The quantitative estimate of drug-likeness (QED) is 0.626. The highest BCUT2D eigenvalue weighted by atomic mass is 35.5. The number of nitrogens with one attached hydrogen (secondary N) is 2. The van der Waals surface area contributed by atoms with Crippen molar-refractivity contribution in [1.82, 2.24) is 10.9 Å². The molecule has 0 spiro atoms. The summed E-state index contributed by atoms with van der Waals surface area (Å²) in [5, 5.41) is 0.667. The van der Waals surface area contributed by atoms with Crippen molar-refractivity contribution in [3.8, 4) is 5.75 Å². The summed E-state index contributed by atoms with van der Waals surface area (Å²) in [6, 6.07) is 5.39. The SMILES string of the molecule is CCC(=O)NNC(=O)CCCOc1ccc(Cl)cc1C. The van der Waals surface area contributed by atoms with Gasteiger partial charge in [-0.05, 0) is 37.1 Å². The zero-order chi connectivity index (χ0) is 15.0. The van der Waals surface area contributed by atoms with Crippen LogP contribution in [0.1, 0.15) is 31.7 Å². The molecule has 1 aromatic rings. The second kappa shape index (κ2) is 8.43. The number of carbonyl (C=O) groups excluding carboxylic acids is 2. The van der Waals surface area contributed by atoms with Crippen LogP contribution in [0, 0.1) is 6.92 Å². The van der Waals surface area contributed by atoms with E-state index >= 15 is 0 Å². The Hall–Kier alpha value is -1.75. The maximum atomic E-state index is 11.4. The molecule has 0 saturated heterocycles. The zero-order valence-electron chi connectivity index (χ0n) is 11.7. The summed E-state index contributed by atoms with van der Waals surface area (Å²) in [4.78, 5) is 22.3. The summed E-state index contributed by atoms with van der Waals surface area (Å²) in [5.41, 5.74) is 5.61. The topological polar surface area (TPSA) is 67.4 Å². The average Bonchev–Trinajstić information content (AvgIpc) is 2.42. The lowest BCUT2D eigenvalue weighted by atomic mass is 10.2. The van der Waals surface area contributed by atoms with Crippen LogP contribution in [0.25, 0.3) is 0 Å². The predicted octanol–water partition coefficient (Wildman–Crippen LogP) is 2.36. The smallest absolute Gasteiger partial charge is 0.238 e. The van der Waals surface area contributed by atoms with Crippen molar-refractivity contribution in [2.45, 2.75) is 33.1 Å². The Kier molecular flexibility index (Phi) is 6.87. The molecule has 5 nitrogen and oxygen atoms in total. The molecule has 6 heteroatoms. The van der Waals surface area contributed by atoms with E-state index in [0.29, 0.717) is 24.5 Å². The van der Waals surface area contributed by atoms with Gasteiger partial charge >= 0.3 is 0 Å². The Morgan fingerprint density at radius 2 is 1.95 bits per heavy atom. The summed E-state index contributed by atoms with van der Waals surface area (Å²) < 4.78 is 5.56. The number of ether oxygens (including phenoxy) is 1. The first-order valence-electron chi connectivity index (χ1n) is 6.49. The molecular weight excluding hydrogens is 280 g/mol. The Bertz CT molecular complexity index is 477. The fourth-order valence-corrected chi connectivity index (χ4v) is 1.71. The standard InChI is InChI=1S/C14H19ClN2O3/c1-3-13(18)16-17-14(19)5-4-8-20-12-7-6-11(15)9-10(12)2/h6-7,9H,3-5,8H2,1-2H3,(H,16,18)(H,17,19). The van der Waals surface area contributed by atoms with Gasteiger partial charge in [-0.15, -0.1) is 0 Å². The lowest BCUT2D eigenvalue weighted by Crippen LogP contribution is -2.41. The minimum atomic E-state index is -0.233. The highest BCUT2D eigenvalue weighted by Gasteiger charge is 2.04. The first-order valence-corrected chi connectivity index (χ1v) is 6.87. The van der Waals surface area contributed by atoms with Gasteiger partial charge in [-0.2, -0.15) is 0 Å². The summed E-state index contributed by atoms with van der Waals surface area (Å²) in [6.45, 7) is 4.05. The van der Waals surface area contributed by atoms with Crippen molar-refractivity contribution in [2.75, 3.05) is 6.61 Å². The highest BCUT2D eigenvalue weighted by Crippen LogP contribution is 2.21. The van der Waals surface area contributed by atoms with Gasteiger partial charge in [0.2, 0.25) is 11.8 Å². The third kappa shape index (κ3) is 5.93. The summed E-state index contributed by atoms with van der Waals surface area (Å²) in [6.07, 6.45) is 1.19. The van der Waals surface area contributed by atoms with Gasteiger partial charge in [0.15, 0.2) is 0 Å². The van der Waals surface area contributed by atoms with Crippen molar-refractivity contribution in [3.63, 3.8) is 0 Å². The molecule has 0 bridgehead atoms. The number of benzene rings is 1. The molecule has 1 aromatic carbocycles. The number of amides is 2. The molecule has 2 amide bonds. The summed E-state index contributed by atoms with van der Waals surface area (Å²) in [5.74, 6) is 0.309. The van der Waals surface area contributed by atoms with Crippen molar-refractivity contribution in [2.24, 2.45) is 0 Å². The third-order valence-corrected chi connectivity index (χ3v) is 2.84. The summed E-state index contributed by atoms with van der Waals surface area (Å²) in [7, 11) is 0. The van der Waals surface area contributed by atoms with Crippen molar-refractivity contribution in [3.05, 3.63) is 28.8 Å². The molecule has 0 aromatic heterocycles. The normalized spacial score (nSPS) is 9.95.